The van der Waals surface area contributed by atoms with Gasteiger partial charge in [0.05, 0.1) is 0 Å². The molecule has 4 heteroatoms. The van der Waals surface area contributed by atoms with Crippen LogP contribution in [0.15, 0.2) is 16.5 Å². The first-order valence-corrected chi connectivity index (χ1v) is 6.17. The highest BCUT2D eigenvalue weighted by molar-refractivity contribution is 5.91. The van der Waals surface area contributed by atoms with Crippen molar-refractivity contribution in [3.8, 4) is 0 Å². The topological polar surface area (TPSA) is 53.7 Å². The molecule has 1 aliphatic heterocycles. The van der Waals surface area contributed by atoms with E-state index in [0.717, 1.165) is 38.2 Å². The third-order valence-corrected chi connectivity index (χ3v) is 3.31. The zero-order valence-electron chi connectivity index (χ0n) is 10.2. The monoisotopic (exact) mass is 237 g/mol. The van der Waals surface area contributed by atoms with E-state index < -0.39 is 0 Å². The maximum atomic E-state index is 11.2. The van der Waals surface area contributed by atoms with Gasteiger partial charge in [-0.2, -0.15) is 0 Å². The summed E-state index contributed by atoms with van der Waals surface area (Å²) in [7, 11) is 0. The van der Waals surface area contributed by atoms with Gasteiger partial charge in [0.25, 0.3) is 0 Å². The average molecular weight is 237 g/mol. The Morgan fingerprint density at radius 3 is 3.06 bits per heavy atom. The summed E-state index contributed by atoms with van der Waals surface area (Å²) in [6.45, 7) is 3.63. The van der Waals surface area contributed by atoms with Gasteiger partial charge in [0.1, 0.15) is 0 Å². The number of furan rings is 1. The maximum Gasteiger partial charge on any atom is 0.196 e. The zero-order valence-corrected chi connectivity index (χ0v) is 10.2. The van der Waals surface area contributed by atoms with Gasteiger partial charge in [-0.25, -0.2) is 0 Å². The lowest BCUT2D eigenvalue weighted by Gasteiger charge is -2.32. The number of hydrogen-bond acceptors (Lipinski definition) is 4. The number of hydrogen-bond donors (Lipinski definition) is 1. The smallest absolute Gasteiger partial charge is 0.196 e. The molecule has 0 aliphatic carbocycles. The normalized spacial score (nSPS) is 20.6. The minimum Gasteiger partial charge on any atom is -0.437 e. The SMILES string of the molecule is CC(=O)c1ccc(N2CCCC(CCO)C2)o1. The Morgan fingerprint density at radius 2 is 2.41 bits per heavy atom. The fourth-order valence-electron chi connectivity index (χ4n) is 2.37. The molecule has 1 unspecified atom stereocenters. The van der Waals surface area contributed by atoms with E-state index in [1.807, 2.05) is 6.07 Å². The predicted octanol–water partition coefficient (Wildman–Crippen LogP) is 2.08. The molecule has 0 aromatic carbocycles. The Labute approximate surface area is 101 Å². The van der Waals surface area contributed by atoms with Gasteiger partial charge in [-0.1, -0.05) is 0 Å². The molecule has 1 fully saturated rings. The Kier molecular flexibility index (Phi) is 3.84. The van der Waals surface area contributed by atoms with Crippen LogP contribution in [-0.2, 0) is 0 Å². The molecule has 0 saturated carbocycles. The van der Waals surface area contributed by atoms with Crippen molar-refractivity contribution < 1.29 is 14.3 Å². The summed E-state index contributed by atoms with van der Waals surface area (Å²) >= 11 is 0. The summed E-state index contributed by atoms with van der Waals surface area (Å²) in [6.07, 6.45) is 3.12. The Balaban J connectivity index is 2.02. The largest absolute Gasteiger partial charge is 0.437 e. The molecule has 2 rings (SSSR count). The molecule has 94 valence electrons. The van der Waals surface area contributed by atoms with Crippen LogP contribution in [-0.4, -0.2) is 30.6 Å². The lowest BCUT2D eigenvalue weighted by molar-refractivity contribution is 0.0987. The van der Waals surface area contributed by atoms with Crippen LogP contribution in [0.2, 0.25) is 0 Å². The highest BCUT2D eigenvalue weighted by atomic mass is 16.4. The third-order valence-electron chi connectivity index (χ3n) is 3.31. The number of carbonyl (C=O) groups excluding carboxylic acids is 1. The molecular weight excluding hydrogens is 218 g/mol. The summed E-state index contributed by atoms with van der Waals surface area (Å²) in [5.41, 5.74) is 0. The molecule has 1 aliphatic rings. The molecular formula is C13H19NO3. The molecule has 1 atom stereocenters. The summed E-state index contributed by atoms with van der Waals surface area (Å²) in [6, 6.07) is 3.59. The molecule has 4 nitrogen and oxygen atoms in total. The second-order valence-corrected chi connectivity index (χ2v) is 4.66. The number of aliphatic hydroxyl groups excluding tert-OH is 1. The van der Waals surface area contributed by atoms with Gasteiger partial charge in [0.15, 0.2) is 17.4 Å². The van der Waals surface area contributed by atoms with E-state index in [9.17, 15) is 4.79 Å². The molecule has 0 bridgehead atoms. The van der Waals surface area contributed by atoms with E-state index in [1.54, 1.807) is 6.07 Å². The number of piperidine rings is 1. The van der Waals surface area contributed by atoms with Crippen LogP contribution < -0.4 is 4.90 Å². The van der Waals surface area contributed by atoms with Gasteiger partial charge in [0.2, 0.25) is 0 Å². The third kappa shape index (κ3) is 2.88. The first kappa shape index (κ1) is 12.2. The van der Waals surface area contributed by atoms with Gasteiger partial charge in [-0.3, -0.25) is 4.79 Å². The maximum absolute atomic E-state index is 11.2. The fourth-order valence-corrected chi connectivity index (χ4v) is 2.37. The number of nitrogens with zero attached hydrogens (tertiary/aromatic N) is 1. The first-order chi connectivity index (χ1) is 8.20. The van der Waals surface area contributed by atoms with Crippen molar-refractivity contribution in [1.82, 2.24) is 0 Å². The first-order valence-electron chi connectivity index (χ1n) is 6.17. The predicted molar refractivity (Wildman–Crippen MR) is 65.4 cm³/mol. The van der Waals surface area contributed by atoms with Crippen LogP contribution in [0.1, 0.15) is 36.7 Å². The van der Waals surface area contributed by atoms with E-state index in [4.69, 9.17) is 9.52 Å². The van der Waals surface area contributed by atoms with Crippen molar-refractivity contribution in [2.45, 2.75) is 26.2 Å². The van der Waals surface area contributed by atoms with E-state index in [-0.39, 0.29) is 12.4 Å². The Bertz CT molecular complexity index is 384. The summed E-state index contributed by atoms with van der Waals surface area (Å²) in [5.74, 6) is 1.68. The molecule has 0 amide bonds. The van der Waals surface area contributed by atoms with Crippen LogP contribution >= 0.6 is 0 Å². The zero-order chi connectivity index (χ0) is 12.3. The van der Waals surface area contributed by atoms with E-state index >= 15 is 0 Å². The Hall–Kier alpha value is -1.29. The summed E-state index contributed by atoms with van der Waals surface area (Å²) < 4.78 is 5.52. The summed E-state index contributed by atoms with van der Waals surface area (Å²) in [4.78, 5) is 13.3. The van der Waals surface area contributed by atoms with Crippen molar-refractivity contribution in [2.75, 3.05) is 24.6 Å². The number of anilines is 1. The van der Waals surface area contributed by atoms with Crippen molar-refractivity contribution in [2.24, 2.45) is 5.92 Å². The van der Waals surface area contributed by atoms with E-state index in [0.29, 0.717) is 11.7 Å². The van der Waals surface area contributed by atoms with Gasteiger partial charge < -0.3 is 14.4 Å². The van der Waals surface area contributed by atoms with Crippen LogP contribution in [0.5, 0.6) is 0 Å². The molecule has 0 spiro atoms. The number of aliphatic hydroxyl groups is 1. The van der Waals surface area contributed by atoms with Gasteiger partial charge in [0, 0.05) is 32.7 Å². The summed E-state index contributed by atoms with van der Waals surface area (Å²) in [5, 5.41) is 8.97. The minimum atomic E-state index is -0.0415. The average Bonchev–Trinajstić information content (AvgIpc) is 2.79. The molecule has 2 heterocycles. The highest BCUT2D eigenvalue weighted by Crippen LogP contribution is 2.26. The number of rotatable bonds is 4. The molecule has 1 saturated heterocycles. The van der Waals surface area contributed by atoms with Gasteiger partial charge in [-0.15, -0.1) is 0 Å². The molecule has 1 N–H and O–H groups in total. The van der Waals surface area contributed by atoms with Crippen molar-refractivity contribution in [3.63, 3.8) is 0 Å². The van der Waals surface area contributed by atoms with Crippen LogP contribution in [0, 0.1) is 5.92 Å². The van der Waals surface area contributed by atoms with Gasteiger partial charge >= 0.3 is 0 Å². The minimum absolute atomic E-state index is 0.0415. The van der Waals surface area contributed by atoms with Crippen molar-refractivity contribution in [1.29, 1.82) is 0 Å². The number of Topliss-reactive ketones (excluding diaryl/α,β-unsaturated/α-hetero) is 1. The van der Waals surface area contributed by atoms with E-state index in [2.05, 4.69) is 4.90 Å². The van der Waals surface area contributed by atoms with Crippen LogP contribution in [0.4, 0.5) is 5.88 Å². The standard InChI is InChI=1S/C13H19NO3/c1-10(16)12-4-5-13(17-12)14-7-2-3-11(9-14)6-8-15/h4-5,11,15H,2-3,6-9H2,1H3. The quantitative estimate of drug-likeness (QED) is 0.815. The number of carbonyl (C=O) groups is 1. The second-order valence-electron chi connectivity index (χ2n) is 4.66. The van der Waals surface area contributed by atoms with Crippen molar-refractivity contribution in [3.05, 3.63) is 17.9 Å². The molecule has 1 aromatic heterocycles. The molecule has 0 radical (unpaired) electrons. The van der Waals surface area contributed by atoms with Crippen LogP contribution in [0.25, 0.3) is 0 Å². The van der Waals surface area contributed by atoms with Crippen molar-refractivity contribution >= 4 is 11.7 Å². The molecule has 1 aromatic rings. The lowest BCUT2D eigenvalue weighted by atomic mass is 9.95. The lowest BCUT2D eigenvalue weighted by Crippen LogP contribution is -2.35. The fraction of sp³-hybridized carbons (Fsp3) is 0.615. The molecule has 17 heavy (non-hydrogen) atoms. The van der Waals surface area contributed by atoms with Gasteiger partial charge in [-0.05, 0) is 31.2 Å². The van der Waals surface area contributed by atoms with Crippen LogP contribution in [0.3, 0.4) is 0 Å². The highest BCUT2D eigenvalue weighted by Gasteiger charge is 2.22. The second kappa shape index (κ2) is 5.36. The number of ketones is 1. The Morgan fingerprint density at radius 1 is 1.59 bits per heavy atom. The van der Waals surface area contributed by atoms with E-state index in [1.165, 1.54) is 6.92 Å².